The molecule has 2 amide bonds. The van der Waals surface area contributed by atoms with Gasteiger partial charge in [0.05, 0.1) is 17.3 Å². The highest BCUT2D eigenvalue weighted by Gasteiger charge is 2.36. The summed E-state index contributed by atoms with van der Waals surface area (Å²) in [5.41, 5.74) is 3.70. The second-order valence-electron chi connectivity index (χ2n) is 8.16. The number of allylic oxidation sites excluding steroid dienone is 1. The van der Waals surface area contributed by atoms with Crippen molar-refractivity contribution in [2.75, 3.05) is 4.90 Å². The number of benzene rings is 3. The average Bonchev–Trinajstić information content (AvgIpc) is 3.31. The van der Waals surface area contributed by atoms with Crippen LogP contribution in [0.15, 0.2) is 77.0 Å². The van der Waals surface area contributed by atoms with Gasteiger partial charge in [-0.05, 0) is 55.8 Å². The Balaban J connectivity index is 1.65. The molecule has 1 aromatic heterocycles. The lowest BCUT2D eigenvalue weighted by Gasteiger charge is -2.35. The summed E-state index contributed by atoms with van der Waals surface area (Å²) in [5, 5.41) is 7.62. The highest BCUT2D eigenvalue weighted by atomic mass is 35.5. The third-order valence-electron chi connectivity index (χ3n) is 5.82. The maximum absolute atomic E-state index is 14.0. The van der Waals surface area contributed by atoms with Gasteiger partial charge in [0.25, 0.3) is 5.89 Å². The maximum atomic E-state index is 14.0. The highest BCUT2D eigenvalue weighted by molar-refractivity contribution is 6.30. The van der Waals surface area contributed by atoms with Gasteiger partial charge in [-0.1, -0.05) is 46.6 Å². The van der Waals surface area contributed by atoms with Crippen molar-refractivity contribution in [2.45, 2.75) is 19.9 Å². The van der Waals surface area contributed by atoms with Gasteiger partial charge in [-0.15, -0.1) is 0 Å². The van der Waals surface area contributed by atoms with E-state index in [4.69, 9.17) is 16.1 Å². The Labute approximate surface area is 204 Å². The molecule has 1 atom stereocenters. The van der Waals surface area contributed by atoms with E-state index in [0.717, 1.165) is 23.3 Å². The third-order valence-corrected chi connectivity index (χ3v) is 6.07. The zero-order valence-corrected chi connectivity index (χ0v) is 19.5. The second kappa shape index (κ2) is 8.96. The van der Waals surface area contributed by atoms with Crippen LogP contribution in [0.5, 0.6) is 0 Å². The molecule has 35 heavy (non-hydrogen) atoms. The molecule has 176 valence electrons. The van der Waals surface area contributed by atoms with E-state index in [9.17, 15) is 13.6 Å². The molecule has 0 bridgehead atoms. The van der Waals surface area contributed by atoms with Crippen LogP contribution in [0.1, 0.15) is 30.0 Å². The maximum Gasteiger partial charge on any atom is 0.327 e. The van der Waals surface area contributed by atoms with Crippen molar-refractivity contribution in [3.8, 4) is 11.4 Å². The van der Waals surface area contributed by atoms with E-state index >= 15 is 0 Å². The van der Waals surface area contributed by atoms with Gasteiger partial charge in [0, 0.05) is 22.3 Å². The van der Waals surface area contributed by atoms with Crippen LogP contribution in [0, 0.1) is 18.6 Å². The van der Waals surface area contributed by atoms with Gasteiger partial charge in [-0.2, -0.15) is 4.98 Å². The van der Waals surface area contributed by atoms with Crippen LogP contribution in [0.25, 0.3) is 17.0 Å². The number of carbonyl (C=O) groups excluding carboxylic acids is 1. The zero-order chi connectivity index (χ0) is 24.7. The van der Waals surface area contributed by atoms with Gasteiger partial charge in [0.15, 0.2) is 11.6 Å². The van der Waals surface area contributed by atoms with Crippen LogP contribution in [0.4, 0.5) is 19.3 Å². The second-order valence-corrected chi connectivity index (χ2v) is 8.59. The van der Waals surface area contributed by atoms with Crippen molar-refractivity contribution in [1.29, 1.82) is 0 Å². The molecule has 0 radical (unpaired) electrons. The fourth-order valence-electron chi connectivity index (χ4n) is 4.01. The largest absolute Gasteiger partial charge is 0.334 e. The highest BCUT2D eigenvalue weighted by Crippen LogP contribution is 2.39. The van der Waals surface area contributed by atoms with Gasteiger partial charge in [0.2, 0.25) is 5.82 Å². The summed E-state index contributed by atoms with van der Waals surface area (Å²) in [6.07, 6.45) is 0. The van der Waals surface area contributed by atoms with E-state index in [1.165, 1.54) is 11.0 Å². The summed E-state index contributed by atoms with van der Waals surface area (Å²) in [7, 11) is 0. The van der Waals surface area contributed by atoms with Crippen molar-refractivity contribution < 1.29 is 18.1 Å². The molecule has 1 aliphatic heterocycles. The molecule has 1 aliphatic rings. The van der Waals surface area contributed by atoms with Gasteiger partial charge >= 0.3 is 6.03 Å². The molecule has 1 unspecified atom stereocenters. The molecule has 0 saturated carbocycles. The van der Waals surface area contributed by atoms with E-state index in [-0.39, 0.29) is 11.6 Å². The summed E-state index contributed by atoms with van der Waals surface area (Å²) < 4.78 is 33.2. The van der Waals surface area contributed by atoms with Crippen molar-refractivity contribution in [3.63, 3.8) is 0 Å². The van der Waals surface area contributed by atoms with Crippen LogP contribution in [0.2, 0.25) is 5.02 Å². The first-order chi connectivity index (χ1) is 16.8. The molecule has 5 rings (SSSR count). The smallest absolute Gasteiger partial charge is 0.327 e. The van der Waals surface area contributed by atoms with E-state index in [1.54, 1.807) is 31.2 Å². The Morgan fingerprint density at radius 3 is 2.37 bits per heavy atom. The van der Waals surface area contributed by atoms with Crippen LogP contribution in [-0.4, -0.2) is 16.2 Å². The Morgan fingerprint density at radius 2 is 1.69 bits per heavy atom. The Kier molecular flexibility index (Phi) is 5.82. The number of amides is 2. The van der Waals surface area contributed by atoms with Crippen molar-refractivity contribution >= 4 is 28.9 Å². The fourth-order valence-corrected chi connectivity index (χ4v) is 4.14. The first-order valence-electron chi connectivity index (χ1n) is 10.7. The topological polar surface area (TPSA) is 71.3 Å². The van der Waals surface area contributed by atoms with Crippen LogP contribution < -0.4 is 10.2 Å². The lowest BCUT2D eigenvalue weighted by molar-refractivity contribution is 0.244. The lowest BCUT2D eigenvalue weighted by atomic mass is 9.94. The predicted molar refractivity (Wildman–Crippen MR) is 129 cm³/mol. The van der Waals surface area contributed by atoms with E-state index in [1.807, 2.05) is 31.2 Å². The van der Waals surface area contributed by atoms with E-state index in [2.05, 4.69) is 15.5 Å². The number of hydrogen-bond donors (Lipinski definition) is 1. The number of urea groups is 1. The minimum Gasteiger partial charge on any atom is -0.334 e. The number of carbonyl (C=O) groups is 1. The van der Waals surface area contributed by atoms with E-state index in [0.29, 0.717) is 27.7 Å². The quantitative estimate of drug-likeness (QED) is 0.345. The number of rotatable bonds is 4. The van der Waals surface area contributed by atoms with Gasteiger partial charge in [-0.25, -0.2) is 13.6 Å². The fraction of sp³-hybridized carbons (Fsp3) is 0.115. The molecule has 0 spiro atoms. The first kappa shape index (κ1) is 22.7. The third kappa shape index (κ3) is 4.28. The first-order valence-corrected chi connectivity index (χ1v) is 11.1. The van der Waals surface area contributed by atoms with Crippen LogP contribution in [0.3, 0.4) is 0 Å². The predicted octanol–water partition coefficient (Wildman–Crippen LogP) is 6.68. The number of aryl methyl sites for hydroxylation is 1. The Morgan fingerprint density at radius 1 is 0.971 bits per heavy atom. The molecular weight excluding hydrogens is 474 g/mol. The van der Waals surface area contributed by atoms with E-state index < -0.39 is 23.7 Å². The number of nitrogens with one attached hydrogen (secondary N) is 1. The molecule has 4 aromatic rings. The summed E-state index contributed by atoms with van der Waals surface area (Å²) in [6, 6.07) is 16.8. The molecule has 0 saturated heterocycles. The SMILES string of the molecule is CC1=C(c2nc(-c3ccc(Cl)cc3)no2)C(c2ccc(C)cc2)NC(=O)N1c1ccc(F)c(F)c1. The van der Waals surface area contributed by atoms with Gasteiger partial charge in [0.1, 0.15) is 0 Å². The molecule has 0 aliphatic carbocycles. The molecular formula is C26H19ClF2N4O2. The number of aromatic nitrogens is 2. The monoisotopic (exact) mass is 492 g/mol. The Hall–Kier alpha value is -4.04. The Bertz CT molecular complexity index is 1450. The molecule has 2 heterocycles. The minimum absolute atomic E-state index is 0.163. The molecule has 3 aromatic carbocycles. The van der Waals surface area contributed by atoms with Crippen LogP contribution in [-0.2, 0) is 0 Å². The number of nitrogens with zero attached hydrogens (tertiary/aromatic N) is 3. The lowest BCUT2D eigenvalue weighted by Crippen LogP contribution is -2.46. The standard InChI is InChI=1S/C26H19ClF2N4O2/c1-14-3-5-16(6-4-14)23-22(25-31-24(32-35-25)17-7-9-18(27)10-8-17)15(2)33(26(34)30-23)19-11-12-20(28)21(29)13-19/h3-13,23H,1-2H3,(H,30,34). The minimum atomic E-state index is -1.06. The summed E-state index contributed by atoms with van der Waals surface area (Å²) in [4.78, 5) is 19.0. The number of hydrogen-bond acceptors (Lipinski definition) is 4. The summed E-state index contributed by atoms with van der Waals surface area (Å²) in [5.74, 6) is -1.54. The van der Waals surface area contributed by atoms with Crippen molar-refractivity contribution in [2.24, 2.45) is 0 Å². The molecule has 1 N–H and O–H groups in total. The molecule has 6 nitrogen and oxygen atoms in total. The van der Waals surface area contributed by atoms with Gasteiger partial charge < -0.3 is 9.84 Å². The molecule has 9 heteroatoms. The van der Waals surface area contributed by atoms with Gasteiger partial charge in [-0.3, -0.25) is 4.90 Å². The number of anilines is 1. The average molecular weight is 493 g/mol. The summed E-state index contributed by atoms with van der Waals surface area (Å²) >= 11 is 5.98. The molecule has 0 fully saturated rings. The van der Waals surface area contributed by atoms with Crippen LogP contribution >= 0.6 is 11.6 Å². The zero-order valence-electron chi connectivity index (χ0n) is 18.7. The van der Waals surface area contributed by atoms with Crippen molar-refractivity contribution in [3.05, 3.63) is 106 Å². The normalized spacial score (nSPS) is 16.0. The number of halogens is 3. The summed E-state index contributed by atoms with van der Waals surface area (Å²) in [6.45, 7) is 3.66. The van der Waals surface area contributed by atoms with Crippen molar-refractivity contribution in [1.82, 2.24) is 15.5 Å².